The molecule has 0 unspecified atom stereocenters. The van der Waals surface area contributed by atoms with Crippen molar-refractivity contribution in [3.05, 3.63) is 11.1 Å². The molecule has 1 aliphatic rings. The van der Waals surface area contributed by atoms with Gasteiger partial charge in [0.1, 0.15) is 0 Å². The van der Waals surface area contributed by atoms with Crippen molar-refractivity contribution in [2.45, 2.75) is 38.8 Å². The normalized spacial score (nSPS) is 32.2. The van der Waals surface area contributed by atoms with Gasteiger partial charge in [0.25, 0.3) is 0 Å². The Bertz CT molecular complexity index is 191. The molecule has 2 N–H and O–H groups in total. The van der Waals surface area contributed by atoms with Gasteiger partial charge < -0.3 is 5.73 Å². The fraction of sp³-hybridized carbons (Fsp3) is 0.800. The van der Waals surface area contributed by atoms with Crippen molar-refractivity contribution in [2.24, 2.45) is 5.73 Å². The first-order valence-corrected chi connectivity index (χ1v) is 5.34. The van der Waals surface area contributed by atoms with Gasteiger partial charge in [-0.15, -0.1) is 0 Å². The Kier molecular flexibility index (Phi) is 4.23. The van der Waals surface area contributed by atoms with Crippen molar-refractivity contribution in [1.29, 1.82) is 0 Å². The molecule has 76 valence electrons. The van der Waals surface area contributed by atoms with E-state index in [1.807, 2.05) is 0 Å². The van der Waals surface area contributed by atoms with Gasteiger partial charge in [0.15, 0.2) is 0 Å². The lowest BCUT2D eigenvalue weighted by Crippen LogP contribution is -2.50. The SMILES string of the molecule is C/C(=C\Cl)CN1CCC[C@@H](N)[C@H]1C. The maximum absolute atomic E-state index is 5.99. The van der Waals surface area contributed by atoms with Gasteiger partial charge in [-0.3, -0.25) is 4.90 Å². The van der Waals surface area contributed by atoms with E-state index in [1.54, 1.807) is 5.54 Å². The van der Waals surface area contributed by atoms with E-state index in [0.29, 0.717) is 12.1 Å². The zero-order chi connectivity index (χ0) is 9.84. The minimum absolute atomic E-state index is 0.330. The second-order valence-electron chi connectivity index (χ2n) is 3.97. The Labute approximate surface area is 85.7 Å². The van der Waals surface area contributed by atoms with Crippen molar-refractivity contribution in [1.82, 2.24) is 4.90 Å². The minimum atomic E-state index is 0.330. The molecule has 0 amide bonds. The zero-order valence-corrected chi connectivity index (χ0v) is 9.22. The van der Waals surface area contributed by atoms with E-state index in [4.69, 9.17) is 17.3 Å². The maximum Gasteiger partial charge on any atom is 0.0222 e. The summed E-state index contributed by atoms with van der Waals surface area (Å²) >= 11 is 5.64. The van der Waals surface area contributed by atoms with Crippen LogP contribution in [0.1, 0.15) is 26.7 Å². The Hall–Kier alpha value is -0.0500. The highest BCUT2D eigenvalue weighted by Crippen LogP contribution is 2.16. The molecule has 0 radical (unpaired) electrons. The second-order valence-corrected chi connectivity index (χ2v) is 4.19. The van der Waals surface area contributed by atoms with Gasteiger partial charge >= 0.3 is 0 Å². The van der Waals surface area contributed by atoms with Crippen LogP contribution in [-0.4, -0.2) is 30.1 Å². The van der Waals surface area contributed by atoms with Crippen molar-refractivity contribution in [3.63, 3.8) is 0 Å². The number of nitrogens with two attached hydrogens (primary N) is 1. The van der Waals surface area contributed by atoms with E-state index in [0.717, 1.165) is 19.5 Å². The van der Waals surface area contributed by atoms with Gasteiger partial charge in [-0.25, -0.2) is 0 Å². The smallest absolute Gasteiger partial charge is 0.0222 e. The summed E-state index contributed by atoms with van der Waals surface area (Å²) < 4.78 is 0. The number of likely N-dealkylation sites (tertiary alicyclic amines) is 1. The van der Waals surface area contributed by atoms with Crippen molar-refractivity contribution in [3.8, 4) is 0 Å². The summed E-state index contributed by atoms with van der Waals surface area (Å²) in [4.78, 5) is 2.41. The van der Waals surface area contributed by atoms with Gasteiger partial charge in [0.05, 0.1) is 0 Å². The van der Waals surface area contributed by atoms with Crippen LogP contribution < -0.4 is 5.73 Å². The molecule has 1 fully saturated rings. The van der Waals surface area contributed by atoms with Crippen LogP contribution >= 0.6 is 11.6 Å². The van der Waals surface area contributed by atoms with Crippen molar-refractivity contribution in [2.75, 3.05) is 13.1 Å². The van der Waals surface area contributed by atoms with Crippen LogP contribution in [0.4, 0.5) is 0 Å². The summed E-state index contributed by atoms with van der Waals surface area (Å²) in [7, 11) is 0. The van der Waals surface area contributed by atoms with Crippen LogP contribution in [0.5, 0.6) is 0 Å². The number of hydrogen-bond donors (Lipinski definition) is 1. The van der Waals surface area contributed by atoms with Crippen LogP contribution in [-0.2, 0) is 0 Å². The standard InChI is InChI=1S/C10H19ClN2/c1-8(6-11)7-13-5-3-4-10(12)9(13)2/h6,9-10H,3-5,7,12H2,1-2H3/b8-6+/t9-,10-/m1/s1. The molecule has 0 aromatic heterocycles. The molecule has 1 rings (SSSR count). The quantitative estimate of drug-likeness (QED) is 0.742. The van der Waals surface area contributed by atoms with Crippen LogP contribution in [0.2, 0.25) is 0 Å². The molecule has 3 heteroatoms. The number of piperidine rings is 1. The Morgan fingerprint density at radius 3 is 3.00 bits per heavy atom. The van der Waals surface area contributed by atoms with E-state index in [2.05, 4.69) is 18.7 Å². The summed E-state index contributed by atoms with van der Waals surface area (Å²) in [6.45, 7) is 6.36. The summed E-state index contributed by atoms with van der Waals surface area (Å²) in [5, 5.41) is 0. The summed E-state index contributed by atoms with van der Waals surface area (Å²) in [6.07, 6.45) is 2.36. The monoisotopic (exact) mass is 202 g/mol. The average molecular weight is 203 g/mol. The minimum Gasteiger partial charge on any atom is -0.326 e. The predicted octanol–water partition coefficient (Wildman–Crippen LogP) is 1.94. The van der Waals surface area contributed by atoms with E-state index < -0.39 is 0 Å². The first-order chi connectivity index (χ1) is 6.15. The first kappa shape index (κ1) is 11.0. The summed E-state index contributed by atoms with van der Waals surface area (Å²) in [5.41, 5.74) is 8.86. The highest BCUT2D eigenvalue weighted by molar-refractivity contribution is 6.25. The van der Waals surface area contributed by atoms with Gasteiger partial charge in [-0.2, -0.15) is 0 Å². The number of rotatable bonds is 2. The largest absolute Gasteiger partial charge is 0.326 e. The number of nitrogens with zero attached hydrogens (tertiary/aromatic N) is 1. The van der Waals surface area contributed by atoms with Crippen LogP contribution in [0.25, 0.3) is 0 Å². The van der Waals surface area contributed by atoms with Crippen LogP contribution in [0, 0.1) is 0 Å². The molecule has 0 spiro atoms. The third-order valence-electron chi connectivity index (χ3n) is 2.82. The maximum atomic E-state index is 5.99. The molecule has 1 heterocycles. The molecule has 0 aromatic rings. The van der Waals surface area contributed by atoms with E-state index in [-0.39, 0.29) is 0 Å². The Morgan fingerprint density at radius 1 is 1.69 bits per heavy atom. The zero-order valence-electron chi connectivity index (χ0n) is 8.46. The predicted molar refractivity (Wildman–Crippen MR) is 57.9 cm³/mol. The summed E-state index contributed by atoms with van der Waals surface area (Å²) in [6, 6.07) is 0.817. The molecule has 0 aromatic carbocycles. The van der Waals surface area contributed by atoms with E-state index >= 15 is 0 Å². The van der Waals surface area contributed by atoms with E-state index in [1.165, 1.54) is 12.0 Å². The van der Waals surface area contributed by atoms with E-state index in [9.17, 15) is 0 Å². The topological polar surface area (TPSA) is 29.3 Å². The Morgan fingerprint density at radius 2 is 2.38 bits per heavy atom. The first-order valence-electron chi connectivity index (χ1n) is 4.90. The molecule has 0 saturated carbocycles. The third kappa shape index (κ3) is 2.97. The van der Waals surface area contributed by atoms with Crippen LogP contribution in [0.3, 0.4) is 0 Å². The molecule has 2 atom stereocenters. The molecular formula is C10H19ClN2. The van der Waals surface area contributed by atoms with Crippen molar-refractivity contribution >= 4 is 11.6 Å². The fourth-order valence-corrected chi connectivity index (χ4v) is 1.89. The summed E-state index contributed by atoms with van der Waals surface area (Å²) in [5.74, 6) is 0. The number of hydrogen-bond acceptors (Lipinski definition) is 2. The molecular weight excluding hydrogens is 184 g/mol. The average Bonchev–Trinajstić information content (AvgIpc) is 2.13. The van der Waals surface area contributed by atoms with Gasteiger partial charge in [-0.05, 0) is 38.8 Å². The highest BCUT2D eigenvalue weighted by Gasteiger charge is 2.24. The van der Waals surface area contributed by atoms with Gasteiger partial charge in [0.2, 0.25) is 0 Å². The highest BCUT2D eigenvalue weighted by atomic mass is 35.5. The molecule has 1 saturated heterocycles. The van der Waals surface area contributed by atoms with Crippen molar-refractivity contribution < 1.29 is 0 Å². The molecule has 13 heavy (non-hydrogen) atoms. The lowest BCUT2D eigenvalue weighted by Gasteiger charge is -2.37. The molecule has 2 nitrogen and oxygen atoms in total. The molecule has 0 bridgehead atoms. The third-order valence-corrected chi connectivity index (χ3v) is 3.19. The molecule has 0 aliphatic carbocycles. The van der Waals surface area contributed by atoms with Gasteiger partial charge in [0, 0.05) is 24.2 Å². The Balaban J connectivity index is 2.48. The molecule has 1 aliphatic heterocycles. The second kappa shape index (κ2) is 4.99. The lowest BCUT2D eigenvalue weighted by atomic mass is 9.98. The van der Waals surface area contributed by atoms with Gasteiger partial charge in [-0.1, -0.05) is 11.6 Å². The fourth-order valence-electron chi connectivity index (χ4n) is 1.82. The lowest BCUT2D eigenvalue weighted by molar-refractivity contribution is 0.153. The van der Waals surface area contributed by atoms with Crippen LogP contribution in [0.15, 0.2) is 11.1 Å². The number of halogens is 1.